The molecule has 0 aromatic carbocycles. The number of nitrogens with one attached hydrogen (secondary N) is 1. The third-order valence-electron chi connectivity index (χ3n) is 1.65. The molecule has 10 heavy (non-hydrogen) atoms. The fourth-order valence-corrected chi connectivity index (χ4v) is 1.03. The van der Waals surface area contributed by atoms with E-state index >= 15 is 0 Å². The Balaban J connectivity index is 2.97. The van der Waals surface area contributed by atoms with Crippen LogP contribution in [0.4, 0.5) is 0 Å². The first-order chi connectivity index (χ1) is 4.81. The van der Waals surface area contributed by atoms with E-state index < -0.39 is 0 Å². The van der Waals surface area contributed by atoms with Crippen molar-refractivity contribution >= 4 is 0 Å². The van der Waals surface area contributed by atoms with E-state index in [9.17, 15) is 0 Å². The molecule has 61 valence electrons. The van der Waals surface area contributed by atoms with Gasteiger partial charge in [-0.25, -0.2) is 0 Å². The van der Waals surface area contributed by atoms with Crippen molar-refractivity contribution in [3.05, 3.63) is 6.92 Å². The Morgan fingerprint density at radius 3 is 2.50 bits per heavy atom. The highest BCUT2D eigenvalue weighted by atomic mass is 14.9. The van der Waals surface area contributed by atoms with Crippen molar-refractivity contribution in [3.63, 3.8) is 0 Å². The maximum Gasteiger partial charge on any atom is 0.00675 e. The number of hydrogen-bond acceptors (Lipinski definition) is 1. The standard InChI is InChI=1S/C9H20N/c1-4-6-7-8-9(3)10-5-2/h9-10H,3-8H2,1-2H3. The third kappa shape index (κ3) is 6.09. The van der Waals surface area contributed by atoms with Crippen LogP contribution < -0.4 is 5.32 Å². The summed E-state index contributed by atoms with van der Waals surface area (Å²) in [5.74, 6) is 0. The molecule has 0 rings (SSSR count). The molecule has 0 heterocycles. The van der Waals surface area contributed by atoms with Crippen LogP contribution in [0, 0.1) is 6.92 Å². The average molecular weight is 142 g/mol. The van der Waals surface area contributed by atoms with Crippen LogP contribution in [0.15, 0.2) is 0 Å². The van der Waals surface area contributed by atoms with Crippen LogP contribution in [0.25, 0.3) is 0 Å². The first-order valence-electron chi connectivity index (χ1n) is 4.37. The lowest BCUT2D eigenvalue weighted by molar-refractivity contribution is 0.534. The van der Waals surface area contributed by atoms with Gasteiger partial charge >= 0.3 is 0 Å². The van der Waals surface area contributed by atoms with Gasteiger partial charge in [0.15, 0.2) is 0 Å². The minimum absolute atomic E-state index is 0.469. The van der Waals surface area contributed by atoms with Crippen LogP contribution >= 0.6 is 0 Å². The molecule has 1 atom stereocenters. The average Bonchev–Trinajstić information content (AvgIpc) is 1.89. The minimum Gasteiger partial charge on any atom is -0.314 e. The summed E-state index contributed by atoms with van der Waals surface area (Å²) >= 11 is 0. The van der Waals surface area contributed by atoms with Gasteiger partial charge in [0.2, 0.25) is 0 Å². The van der Waals surface area contributed by atoms with Crippen LogP contribution in [-0.4, -0.2) is 12.6 Å². The minimum atomic E-state index is 0.469. The number of unbranched alkanes of at least 4 members (excludes halogenated alkanes) is 2. The highest BCUT2D eigenvalue weighted by molar-refractivity contribution is 4.66. The van der Waals surface area contributed by atoms with Crippen molar-refractivity contribution in [3.8, 4) is 0 Å². The van der Waals surface area contributed by atoms with Crippen LogP contribution in [0.1, 0.15) is 39.5 Å². The molecule has 0 aromatic heterocycles. The van der Waals surface area contributed by atoms with Gasteiger partial charge in [0, 0.05) is 6.04 Å². The second-order valence-electron chi connectivity index (χ2n) is 2.75. The zero-order valence-corrected chi connectivity index (χ0v) is 7.32. The van der Waals surface area contributed by atoms with Crippen molar-refractivity contribution in [2.45, 2.75) is 45.6 Å². The lowest BCUT2D eigenvalue weighted by atomic mass is 10.1. The molecular formula is C9H20N. The van der Waals surface area contributed by atoms with E-state index in [-0.39, 0.29) is 0 Å². The Bertz CT molecular complexity index is 61.7. The van der Waals surface area contributed by atoms with Gasteiger partial charge in [-0.2, -0.15) is 0 Å². The lowest BCUT2D eigenvalue weighted by Gasteiger charge is -2.10. The molecule has 1 nitrogen and oxygen atoms in total. The summed E-state index contributed by atoms with van der Waals surface area (Å²) in [6, 6.07) is 0.469. The van der Waals surface area contributed by atoms with E-state index in [0.29, 0.717) is 6.04 Å². The van der Waals surface area contributed by atoms with Gasteiger partial charge < -0.3 is 5.32 Å². The van der Waals surface area contributed by atoms with E-state index in [1.54, 1.807) is 0 Å². The lowest BCUT2D eigenvalue weighted by Crippen LogP contribution is -2.25. The second kappa shape index (κ2) is 7.07. The van der Waals surface area contributed by atoms with Gasteiger partial charge in [0.25, 0.3) is 0 Å². The Morgan fingerprint density at radius 1 is 1.30 bits per heavy atom. The van der Waals surface area contributed by atoms with Crippen molar-refractivity contribution in [1.29, 1.82) is 0 Å². The van der Waals surface area contributed by atoms with Crippen LogP contribution in [0.5, 0.6) is 0 Å². The summed E-state index contributed by atoms with van der Waals surface area (Å²) in [4.78, 5) is 0. The highest BCUT2D eigenvalue weighted by Crippen LogP contribution is 2.01. The fraction of sp³-hybridized carbons (Fsp3) is 0.889. The molecule has 1 unspecified atom stereocenters. The largest absolute Gasteiger partial charge is 0.314 e. The summed E-state index contributed by atoms with van der Waals surface area (Å²) < 4.78 is 0. The van der Waals surface area contributed by atoms with Crippen molar-refractivity contribution in [2.24, 2.45) is 0 Å². The quantitative estimate of drug-likeness (QED) is 0.561. The smallest absolute Gasteiger partial charge is 0.00675 e. The van der Waals surface area contributed by atoms with E-state index in [1.807, 2.05) is 0 Å². The number of hydrogen-bond donors (Lipinski definition) is 1. The molecule has 0 amide bonds. The van der Waals surface area contributed by atoms with Gasteiger partial charge in [-0.15, -0.1) is 0 Å². The Hall–Kier alpha value is -0.0400. The van der Waals surface area contributed by atoms with Gasteiger partial charge in [-0.3, -0.25) is 0 Å². The maximum atomic E-state index is 3.99. The molecule has 0 bridgehead atoms. The molecule has 0 aliphatic heterocycles. The summed E-state index contributed by atoms with van der Waals surface area (Å²) in [7, 11) is 0. The van der Waals surface area contributed by atoms with Crippen molar-refractivity contribution < 1.29 is 0 Å². The van der Waals surface area contributed by atoms with Crippen LogP contribution in [-0.2, 0) is 0 Å². The van der Waals surface area contributed by atoms with Gasteiger partial charge in [-0.05, 0) is 19.9 Å². The maximum absolute atomic E-state index is 3.99. The van der Waals surface area contributed by atoms with Gasteiger partial charge in [0.1, 0.15) is 0 Å². The highest BCUT2D eigenvalue weighted by Gasteiger charge is 1.96. The molecule has 0 fully saturated rings. The molecule has 1 radical (unpaired) electrons. The Morgan fingerprint density at radius 2 is 2.00 bits per heavy atom. The molecule has 0 aliphatic rings. The summed E-state index contributed by atoms with van der Waals surface area (Å²) in [6.45, 7) is 9.38. The molecule has 0 aliphatic carbocycles. The summed E-state index contributed by atoms with van der Waals surface area (Å²) in [6.07, 6.45) is 5.19. The van der Waals surface area contributed by atoms with Crippen molar-refractivity contribution in [1.82, 2.24) is 5.32 Å². The van der Waals surface area contributed by atoms with E-state index in [1.165, 1.54) is 25.7 Å². The molecule has 0 saturated heterocycles. The van der Waals surface area contributed by atoms with Gasteiger partial charge in [0.05, 0.1) is 0 Å². The number of rotatable bonds is 6. The topological polar surface area (TPSA) is 12.0 Å². The Kier molecular flexibility index (Phi) is 7.04. The predicted octanol–water partition coefficient (Wildman–Crippen LogP) is 2.38. The van der Waals surface area contributed by atoms with Crippen LogP contribution in [0.2, 0.25) is 0 Å². The van der Waals surface area contributed by atoms with Crippen molar-refractivity contribution in [2.75, 3.05) is 6.54 Å². The van der Waals surface area contributed by atoms with E-state index in [0.717, 1.165) is 6.54 Å². The molecule has 0 aromatic rings. The summed E-state index contributed by atoms with van der Waals surface area (Å²) in [5.41, 5.74) is 0. The first kappa shape index (κ1) is 9.96. The molecule has 1 N–H and O–H groups in total. The Labute approximate surface area is 65.2 Å². The van der Waals surface area contributed by atoms with E-state index in [2.05, 4.69) is 26.1 Å². The van der Waals surface area contributed by atoms with E-state index in [4.69, 9.17) is 0 Å². The molecule has 0 saturated carbocycles. The SMILES string of the molecule is [CH2]C(CCCCC)NCC. The second-order valence-corrected chi connectivity index (χ2v) is 2.75. The zero-order chi connectivity index (χ0) is 7.82. The van der Waals surface area contributed by atoms with Crippen LogP contribution in [0.3, 0.4) is 0 Å². The summed E-state index contributed by atoms with van der Waals surface area (Å²) in [5, 5.41) is 3.29. The molecule has 1 heteroatoms. The first-order valence-corrected chi connectivity index (χ1v) is 4.37. The molecule has 0 spiro atoms. The zero-order valence-electron chi connectivity index (χ0n) is 7.32. The predicted molar refractivity (Wildman–Crippen MR) is 47.0 cm³/mol. The van der Waals surface area contributed by atoms with Gasteiger partial charge in [-0.1, -0.05) is 33.1 Å². The third-order valence-corrected chi connectivity index (χ3v) is 1.65. The molecular weight excluding hydrogens is 122 g/mol. The normalized spacial score (nSPS) is 13.5. The monoisotopic (exact) mass is 142 g/mol. The fourth-order valence-electron chi connectivity index (χ4n) is 1.03.